The van der Waals surface area contributed by atoms with Gasteiger partial charge >= 0.3 is 0 Å². The van der Waals surface area contributed by atoms with Gasteiger partial charge in [0, 0.05) is 22.3 Å². The van der Waals surface area contributed by atoms with Crippen molar-refractivity contribution in [3.8, 4) is 46.3 Å². The topological polar surface area (TPSA) is 18.5 Å². The van der Waals surface area contributed by atoms with E-state index in [-0.39, 0.29) is 0 Å². The van der Waals surface area contributed by atoms with Gasteiger partial charge in [0.05, 0.1) is 13.2 Å². The molecule has 0 heterocycles. The van der Waals surface area contributed by atoms with Crippen molar-refractivity contribution >= 4 is 21.9 Å². The molecule has 2 aliphatic rings. The van der Waals surface area contributed by atoms with Crippen molar-refractivity contribution in [3.63, 3.8) is 0 Å². The minimum absolute atomic E-state index is 0.365. The van der Waals surface area contributed by atoms with Gasteiger partial charge in [0.2, 0.25) is 0 Å². The van der Waals surface area contributed by atoms with Crippen molar-refractivity contribution < 1.29 is 9.47 Å². The first-order chi connectivity index (χ1) is 28.1. The van der Waals surface area contributed by atoms with Gasteiger partial charge in [-0.05, 0) is 153 Å². The average molecular weight is 745 g/mol. The number of benzene rings is 6. The van der Waals surface area contributed by atoms with Gasteiger partial charge in [-0.3, -0.25) is 0 Å². The second-order valence-electron chi connectivity index (χ2n) is 15.6. The van der Waals surface area contributed by atoms with Crippen LogP contribution in [0.1, 0.15) is 117 Å². The Kier molecular flexibility index (Phi) is 11.9. The van der Waals surface area contributed by atoms with Crippen LogP contribution in [-0.2, 0) is 6.42 Å². The summed E-state index contributed by atoms with van der Waals surface area (Å²) in [6.07, 6.45) is 10.6. The molecule has 284 valence electrons. The van der Waals surface area contributed by atoms with Crippen molar-refractivity contribution in [2.45, 2.75) is 78.6 Å². The summed E-state index contributed by atoms with van der Waals surface area (Å²) < 4.78 is 12.0. The highest BCUT2D eigenvalue weighted by Crippen LogP contribution is 2.53. The van der Waals surface area contributed by atoms with E-state index in [1.165, 1.54) is 93.8 Å². The van der Waals surface area contributed by atoms with Gasteiger partial charge in [0.25, 0.3) is 0 Å². The van der Waals surface area contributed by atoms with E-state index in [2.05, 4.69) is 142 Å². The van der Waals surface area contributed by atoms with Crippen LogP contribution in [0.2, 0.25) is 0 Å². The monoisotopic (exact) mass is 744 g/mol. The maximum atomic E-state index is 5.98. The van der Waals surface area contributed by atoms with E-state index < -0.39 is 0 Å². The standard InChI is InChI=1S/C55H52O2/c1-4-6-8-12-34-56-46-28-20-40(21-29-46)16-18-42-24-32-49-50-33-25-43(19-17-41-22-30-47(31-23-41)57-35-13-9-7-5-2)38-52(50)55(51(49)37-42)53-39(3)36-45-27-26-44-14-10-11-15-48(44)54(45)53/h10-11,14-15,20-33,37-39H,4-9,12-13,34-36H2,1-3H3. The zero-order valence-corrected chi connectivity index (χ0v) is 33.7. The number of ether oxygens (including phenoxy) is 2. The number of allylic oxidation sites excluding steroid dienone is 1. The zero-order chi connectivity index (χ0) is 39.0. The average Bonchev–Trinajstić information content (AvgIpc) is 3.75. The molecule has 6 aromatic rings. The highest BCUT2D eigenvalue weighted by atomic mass is 16.5. The van der Waals surface area contributed by atoms with E-state index >= 15 is 0 Å². The minimum atomic E-state index is 0.365. The van der Waals surface area contributed by atoms with Gasteiger partial charge in [0.1, 0.15) is 11.5 Å². The van der Waals surface area contributed by atoms with E-state index in [0.29, 0.717) is 5.92 Å². The number of unbranched alkanes of at least 4 members (excludes halogenated alkanes) is 6. The molecule has 0 aliphatic heterocycles. The largest absolute Gasteiger partial charge is 0.494 e. The highest BCUT2D eigenvalue weighted by molar-refractivity contribution is 6.15. The van der Waals surface area contributed by atoms with E-state index in [0.717, 1.165) is 66.2 Å². The summed E-state index contributed by atoms with van der Waals surface area (Å²) in [5.41, 5.74) is 14.5. The summed E-state index contributed by atoms with van der Waals surface area (Å²) >= 11 is 0. The lowest BCUT2D eigenvalue weighted by Crippen LogP contribution is -1.97. The molecule has 0 saturated carbocycles. The Hall–Kier alpha value is -5.96. The molecule has 8 rings (SSSR count). The predicted octanol–water partition coefficient (Wildman–Crippen LogP) is 13.7. The molecule has 0 amide bonds. The molecule has 1 atom stereocenters. The third-order valence-corrected chi connectivity index (χ3v) is 11.4. The number of fused-ring (bicyclic) bond motifs is 6. The molecule has 0 bridgehead atoms. The molecular weight excluding hydrogens is 693 g/mol. The Labute approximate surface area is 340 Å². The normalized spacial score (nSPS) is 13.6. The minimum Gasteiger partial charge on any atom is -0.494 e. The third-order valence-electron chi connectivity index (χ3n) is 11.4. The summed E-state index contributed by atoms with van der Waals surface area (Å²) in [5, 5.41) is 2.60. The van der Waals surface area contributed by atoms with Gasteiger partial charge in [-0.1, -0.05) is 132 Å². The molecule has 2 heteroatoms. The fourth-order valence-electron chi connectivity index (χ4n) is 8.41. The first-order valence-corrected chi connectivity index (χ1v) is 21.1. The summed E-state index contributed by atoms with van der Waals surface area (Å²) in [6.45, 7) is 8.37. The Bertz CT molecular complexity index is 2400. The fourth-order valence-corrected chi connectivity index (χ4v) is 8.41. The van der Waals surface area contributed by atoms with Crippen LogP contribution in [-0.4, -0.2) is 13.2 Å². The van der Waals surface area contributed by atoms with Crippen molar-refractivity contribution in [2.24, 2.45) is 5.92 Å². The van der Waals surface area contributed by atoms with E-state index in [1.807, 2.05) is 24.3 Å². The lowest BCUT2D eigenvalue weighted by molar-refractivity contribution is 0.305. The van der Waals surface area contributed by atoms with Crippen LogP contribution < -0.4 is 9.47 Å². The van der Waals surface area contributed by atoms with Crippen molar-refractivity contribution in [1.82, 2.24) is 0 Å². The van der Waals surface area contributed by atoms with E-state index in [4.69, 9.17) is 9.47 Å². The van der Waals surface area contributed by atoms with Gasteiger partial charge < -0.3 is 9.47 Å². The summed E-state index contributed by atoms with van der Waals surface area (Å²) in [6, 6.07) is 43.4. The van der Waals surface area contributed by atoms with Crippen LogP contribution >= 0.6 is 0 Å². The molecule has 2 aliphatic carbocycles. The second-order valence-corrected chi connectivity index (χ2v) is 15.6. The van der Waals surface area contributed by atoms with Crippen molar-refractivity contribution in [2.75, 3.05) is 13.2 Å². The van der Waals surface area contributed by atoms with Crippen molar-refractivity contribution in [3.05, 3.63) is 166 Å². The summed E-state index contributed by atoms with van der Waals surface area (Å²) in [7, 11) is 0. The predicted molar refractivity (Wildman–Crippen MR) is 239 cm³/mol. The van der Waals surface area contributed by atoms with Gasteiger partial charge in [-0.15, -0.1) is 0 Å². The molecule has 57 heavy (non-hydrogen) atoms. The molecule has 0 N–H and O–H groups in total. The zero-order valence-electron chi connectivity index (χ0n) is 33.7. The maximum Gasteiger partial charge on any atom is 0.119 e. The Morgan fingerprint density at radius 1 is 0.509 bits per heavy atom. The first kappa shape index (κ1) is 37.9. The molecule has 0 saturated heterocycles. The quantitative estimate of drug-likeness (QED) is 0.0916. The molecule has 0 spiro atoms. The second kappa shape index (κ2) is 17.9. The third kappa shape index (κ3) is 8.58. The lowest BCUT2D eigenvalue weighted by atomic mass is 9.87. The molecule has 0 aromatic heterocycles. The van der Waals surface area contributed by atoms with Crippen LogP contribution in [0.15, 0.2) is 121 Å². The molecule has 1 unspecified atom stereocenters. The number of rotatable bonds is 12. The van der Waals surface area contributed by atoms with Crippen LogP contribution in [0, 0.1) is 29.6 Å². The van der Waals surface area contributed by atoms with Crippen LogP contribution in [0.3, 0.4) is 0 Å². The number of hydrogen-bond acceptors (Lipinski definition) is 2. The van der Waals surface area contributed by atoms with Gasteiger partial charge in [-0.25, -0.2) is 0 Å². The SMILES string of the molecule is CCCCCCOc1ccc(C#Cc2ccc3c(c2)C(=C2c4c(ccc5ccccc45)CC2C)c2cc(C#Cc4ccc(OCCCCCC)cc4)ccc2-3)cc1. The Balaban J connectivity index is 1.13. The fraction of sp³-hybridized carbons (Fsp3) is 0.273. The maximum absolute atomic E-state index is 5.98. The van der Waals surface area contributed by atoms with Gasteiger partial charge in [0.15, 0.2) is 0 Å². The smallest absolute Gasteiger partial charge is 0.119 e. The van der Waals surface area contributed by atoms with E-state index in [1.54, 1.807) is 0 Å². The lowest BCUT2D eigenvalue weighted by Gasteiger charge is -2.16. The molecule has 0 fully saturated rings. The molecular formula is C55H52O2. The van der Waals surface area contributed by atoms with Crippen LogP contribution in [0.4, 0.5) is 0 Å². The Morgan fingerprint density at radius 3 is 1.56 bits per heavy atom. The van der Waals surface area contributed by atoms with Crippen molar-refractivity contribution in [1.29, 1.82) is 0 Å². The summed E-state index contributed by atoms with van der Waals surface area (Å²) in [5.74, 6) is 16.0. The molecule has 2 nitrogen and oxygen atoms in total. The first-order valence-electron chi connectivity index (χ1n) is 21.1. The van der Waals surface area contributed by atoms with Gasteiger partial charge in [-0.2, -0.15) is 0 Å². The van der Waals surface area contributed by atoms with E-state index in [9.17, 15) is 0 Å². The van der Waals surface area contributed by atoms with Crippen LogP contribution in [0.5, 0.6) is 11.5 Å². The highest BCUT2D eigenvalue weighted by Gasteiger charge is 2.34. The number of hydrogen-bond donors (Lipinski definition) is 0. The molecule has 0 radical (unpaired) electrons. The Morgan fingerprint density at radius 2 is 1.02 bits per heavy atom. The van der Waals surface area contributed by atoms with Crippen LogP contribution in [0.25, 0.3) is 33.0 Å². The summed E-state index contributed by atoms with van der Waals surface area (Å²) in [4.78, 5) is 0. The molecule has 6 aromatic carbocycles.